The number of carbonyl (C=O) groups excluding carboxylic acids is 2. The van der Waals surface area contributed by atoms with Gasteiger partial charge in [-0.2, -0.15) is 0 Å². The van der Waals surface area contributed by atoms with Crippen molar-refractivity contribution < 1.29 is 9.59 Å². The Kier molecular flexibility index (Phi) is 2.85. The second-order valence-electron chi connectivity index (χ2n) is 5.03. The quantitative estimate of drug-likeness (QED) is 0.837. The zero-order valence-corrected chi connectivity index (χ0v) is 10.6. The highest BCUT2D eigenvalue weighted by molar-refractivity contribution is 5.95. The summed E-state index contributed by atoms with van der Waals surface area (Å²) in [6.45, 7) is 2.03. The van der Waals surface area contributed by atoms with Gasteiger partial charge in [0.05, 0.1) is 17.8 Å². The summed E-state index contributed by atoms with van der Waals surface area (Å²) in [5, 5.41) is 0. The van der Waals surface area contributed by atoms with Gasteiger partial charge in [0.25, 0.3) is 0 Å². The van der Waals surface area contributed by atoms with Gasteiger partial charge in [-0.1, -0.05) is 0 Å². The van der Waals surface area contributed by atoms with E-state index in [4.69, 9.17) is 5.73 Å². The molecule has 0 radical (unpaired) electrons. The van der Waals surface area contributed by atoms with E-state index in [-0.39, 0.29) is 17.7 Å². The standard InChI is InChI=1S/C13H16N4O2/c14-13(19)9-7-16(8-9)11-4-3-10(6-15-11)17-5-1-2-12(17)18/h3-4,6,9H,1-2,5,7-8H2,(H2,14,19). The summed E-state index contributed by atoms with van der Waals surface area (Å²) in [6.07, 6.45) is 3.25. The van der Waals surface area contributed by atoms with Crippen molar-refractivity contribution in [2.45, 2.75) is 12.8 Å². The SMILES string of the molecule is NC(=O)C1CN(c2ccc(N3CCCC3=O)cn2)C1. The Balaban J connectivity index is 1.67. The van der Waals surface area contributed by atoms with Crippen LogP contribution < -0.4 is 15.5 Å². The van der Waals surface area contributed by atoms with Crippen molar-refractivity contribution in [3.05, 3.63) is 18.3 Å². The molecule has 2 amide bonds. The molecular formula is C13H16N4O2. The molecule has 2 aliphatic rings. The summed E-state index contributed by atoms with van der Waals surface area (Å²) in [7, 11) is 0. The number of nitrogens with zero attached hydrogens (tertiary/aromatic N) is 3. The van der Waals surface area contributed by atoms with Crippen molar-refractivity contribution in [2.24, 2.45) is 11.7 Å². The van der Waals surface area contributed by atoms with E-state index in [0.717, 1.165) is 24.5 Å². The van der Waals surface area contributed by atoms with Gasteiger partial charge in [-0.25, -0.2) is 4.98 Å². The van der Waals surface area contributed by atoms with Crippen LogP contribution in [0.4, 0.5) is 11.5 Å². The van der Waals surface area contributed by atoms with Crippen LogP contribution in [0.3, 0.4) is 0 Å². The molecule has 0 aromatic carbocycles. The predicted octanol–water partition coefficient (Wildman–Crippen LogP) is 0.130. The van der Waals surface area contributed by atoms with Crippen LogP contribution in [0.1, 0.15) is 12.8 Å². The molecule has 0 aliphatic carbocycles. The smallest absolute Gasteiger partial charge is 0.227 e. The molecule has 2 saturated heterocycles. The second-order valence-corrected chi connectivity index (χ2v) is 5.03. The Morgan fingerprint density at radius 2 is 2.16 bits per heavy atom. The Bertz CT molecular complexity index is 508. The highest BCUT2D eigenvalue weighted by Crippen LogP contribution is 2.26. The van der Waals surface area contributed by atoms with Crippen molar-refractivity contribution >= 4 is 23.3 Å². The van der Waals surface area contributed by atoms with Crippen LogP contribution in [0, 0.1) is 5.92 Å². The Labute approximate surface area is 111 Å². The van der Waals surface area contributed by atoms with Gasteiger partial charge in [-0.05, 0) is 18.6 Å². The lowest BCUT2D eigenvalue weighted by Crippen LogP contribution is -2.52. The van der Waals surface area contributed by atoms with Gasteiger partial charge in [-0.3, -0.25) is 9.59 Å². The number of aromatic nitrogens is 1. The molecule has 3 heterocycles. The molecule has 0 bridgehead atoms. The molecule has 0 saturated carbocycles. The van der Waals surface area contributed by atoms with Crippen LogP contribution >= 0.6 is 0 Å². The van der Waals surface area contributed by atoms with Gasteiger partial charge >= 0.3 is 0 Å². The normalized spacial score (nSPS) is 19.7. The predicted molar refractivity (Wildman–Crippen MR) is 70.7 cm³/mol. The number of carbonyl (C=O) groups is 2. The molecule has 0 atom stereocenters. The first-order valence-corrected chi connectivity index (χ1v) is 6.46. The lowest BCUT2D eigenvalue weighted by atomic mass is 10.00. The lowest BCUT2D eigenvalue weighted by molar-refractivity contribution is -0.122. The molecule has 2 N–H and O–H groups in total. The van der Waals surface area contributed by atoms with Gasteiger partial charge in [0.2, 0.25) is 11.8 Å². The van der Waals surface area contributed by atoms with Gasteiger partial charge in [0.15, 0.2) is 0 Å². The molecule has 3 rings (SSSR count). The molecule has 0 spiro atoms. The van der Waals surface area contributed by atoms with Crippen LogP contribution in [0.25, 0.3) is 0 Å². The lowest BCUT2D eigenvalue weighted by Gasteiger charge is -2.38. The second kappa shape index (κ2) is 4.53. The maximum atomic E-state index is 11.6. The average Bonchev–Trinajstić information content (AvgIpc) is 2.74. The van der Waals surface area contributed by atoms with Crippen LogP contribution in [0.15, 0.2) is 18.3 Å². The summed E-state index contributed by atoms with van der Waals surface area (Å²) in [5.74, 6) is 0.664. The van der Waals surface area contributed by atoms with Crippen molar-refractivity contribution in [2.75, 3.05) is 29.4 Å². The maximum absolute atomic E-state index is 11.6. The molecule has 19 heavy (non-hydrogen) atoms. The van der Waals surface area contributed by atoms with E-state index in [2.05, 4.69) is 4.98 Å². The van der Waals surface area contributed by atoms with Gasteiger partial charge in [0, 0.05) is 26.1 Å². The Hall–Kier alpha value is -2.11. The summed E-state index contributed by atoms with van der Waals surface area (Å²) in [4.78, 5) is 30.7. The molecule has 6 heteroatoms. The van der Waals surface area contributed by atoms with Gasteiger partial charge < -0.3 is 15.5 Å². The van der Waals surface area contributed by atoms with E-state index in [1.165, 1.54) is 0 Å². The molecule has 2 aliphatic heterocycles. The third-order valence-electron chi connectivity index (χ3n) is 3.73. The number of amides is 2. The number of hydrogen-bond donors (Lipinski definition) is 1. The van der Waals surface area contributed by atoms with Crippen molar-refractivity contribution in [3.8, 4) is 0 Å². The van der Waals surface area contributed by atoms with E-state index in [1.54, 1.807) is 11.1 Å². The average molecular weight is 260 g/mol. The number of nitrogens with two attached hydrogens (primary N) is 1. The topological polar surface area (TPSA) is 79.5 Å². The fourth-order valence-electron chi connectivity index (χ4n) is 2.49. The van der Waals surface area contributed by atoms with Crippen LogP contribution in [0.5, 0.6) is 0 Å². The van der Waals surface area contributed by atoms with Crippen molar-refractivity contribution in [1.82, 2.24) is 4.98 Å². The highest BCUT2D eigenvalue weighted by Gasteiger charge is 2.32. The van der Waals surface area contributed by atoms with Gasteiger partial charge in [-0.15, -0.1) is 0 Å². The monoisotopic (exact) mass is 260 g/mol. The van der Waals surface area contributed by atoms with Crippen LogP contribution in [0.2, 0.25) is 0 Å². The van der Waals surface area contributed by atoms with E-state index in [0.29, 0.717) is 19.5 Å². The zero-order chi connectivity index (χ0) is 13.4. The summed E-state index contributed by atoms with van der Waals surface area (Å²) < 4.78 is 0. The van der Waals surface area contributed by atoms with E-state index >= 15 is 0 Å². The minimum absolute atomic E-state index is 0.0679. The summed E-state index contributed by atoms with van der Waals surface area (Å²) in [6, 6.07) is 3.79. The molecule has 100 valence electrons. The summed E-state index contributed by atoms with van der Waals surface area (Å²) >= 11 is 0. The van der Waals surface area contributed by atoms with Crippen molar-refractivity contribution in [1.29, 1.82) is 0 Å². The third kappa shape index (κ3) is 2.14. The Morgan fingerprint density at radius 3 is 2.68 bits per heavy atom. The van der Waals surface area contributed by atoms with Crippen LogP contribution in [-0.2, 0) is 9.59 Å². The number of rotatable bonds is 3. The number of primary amides is 1. The molecular weight excluding hydrogens is 244 g/mol. The first kappa shape index (κ1) is 12.0. The van der Waals surface area contributed by atoms with E-state index < -0.39 is 0 Å². The number of anilines is 2. The maximum Gasteiger partial charge on any atom is 0.227 e. The molecule has 6 nitrogen and oxygen atoms in total. The first-order valence-electron chi connectivity index (χ1n) is 6.46. The highest BCUT2D eigenvalue weighted by atomic mass is 16.2. The number of hydrogen-bond acceptors (Lipinski definition) is 4. The molecule has 0 unspecified atom stereocenters. The fraction of sp³-hybridized carbons (Fsp3) is 0.462. The zero-order valence-electron chi connectivity index (χ0n) is 10.6. The van der Waals surface area contributed by atoms with Crippen LogP contribution in [-0.4, -0.2) is 36.4 Å². The first-order chi connectivity index (χ1) is 9.15. The minimum Gasteiger partial charge on any atom is -0.369 e. The molecule has 1 aromatic heterocycles. The molecule has 1 aromatic rings. The largest absolute Gasteiger partial charge is 0.369 e. The van der Waals surface area contributed by atoms with Crippen molar-refractivity contribution in [3.63, 3.8) is 0 Å². The molecule has 2 fully saturated rings. The third-order valence-corrected chi connectivity index (χ3v) is 3.73. The number of pyridine rings is 1. The van der Waals surface area contributed by atoms with E-state index in [9.17, 15) is 9.59 Å². The Morgan fingerprint density at radius 1 is 1.37 bits per heavy atom. The van der Waals surface area contributed by atoms with Gasteiger partial charge in [0.1, 0.15) is 5.82 Å². The minimum atomic E-state index is -0.254. The summed E-state index contributed by atoms with van der Waals surface area (Å²) in [5.41, 5.74) is 6.08. The fourth-order valence-corrected chi connectivity index (χ4v) is 2.49. The van der Waals surface area contributed by atoms with E-state index in [1.807, 2.05) is 17.0 Å².